The van der Waals surface area contributed by atoms with Gasteiger partial charge in [-0.25, -0.2) is 0 Å². The van der Waals surface area contributed by atoms with E-state index in [1.54, 1.807) is 6.07 Å². The summed E-state index contributed by atoms with van der Waals surface area (Å²) in [6, 6.07) is 11.1. The summed E-state index contributed by atoms with van der Waals surface area (Å²) in [7, 11) is 0. The lowest BCUT2D eigenvalue weighted by molar-refractivity contribution is -0.128. The maximum atomic E-state index is 12.9. The van der Waals surface area contributed by atoms with Gasteiger partial charge in [-0.05, 0) is 47.4 Å². The highest BCUT2D eigenvalue weighted by Gasteiger charge is 2.31. The SMILES string of the molecule is CC(C)[C@@H](NC(=O)[C@H]1Cc2cc(Cl)ccc2O1)c1ccc2c(c1)OCCO2. The summed E-state index contributed by atoms with van der Waals surface area (Å²) in [5.74, 6) is 2.26. The smallest absolute Gasteiger partial charge is 0.261 e. The molecule has 0 bridgehead atoms. The molecule has 0 aromatic heterocycles. The van der Waals surface area contributed by atoms with E-state index in [1.807, 2.05) is 30.3 Å². The van der Waals surface area contributed by atoms with E-state index in [1.165, 1.54) is 0 Å². The number of benzene rings is 2. The van der Waals surface area contributed by atoms with Crippen molar-refractivity contribution in [3.05, 3.63) is 52.5 Å². The molecule has 27 heavy (non-hydrogen) atoms. The van der Waals surface area contributed by atoms with Gasteiger partial charge in [-0.3, -0.25) is 4.79 Å². The van der Waals surface area contributed by atoms with E-state index in [9.17, 15) is 4.79 Å². The van der Waals surface area contributed by atoms with Crippen LogP contribution in [0.4, 0.5) is 0 Å². The van der Waals surface area contributed by atoms with E-state index >= 15 is 0 Å². The molecule has 4 rings (SSSR count). The second-order valence-electron chi connectivity index (χ2n) is 7.20. The lowest BCUT2D eigenvalue weighted by Gasteiger charge is -2.26. The van der Waals surface area contributed by atoms with Crippen molar-refractivity contribution in [1.82, 2.24) is 5.32 Å². The van der Waals surface area contributed by atoms with Crippen molar-refractivity contribution in [2.24, 2.45) is 5.92 Å². The number of ether oxygens (including phenoxy) is 3. The standard InChI is InChI=1S/C21H22ClNO4/c1-12(2)20(13-3-5-17-18(10-13)26-8-7-25-17)23-21(24)19-11-14-9-15(22)4-6-16(14)27-19/h3-6,9-10,12,19-20H,7-8,11H2,1-2H3,(H,23,24)/t19-,20-/m1/s1. The van der Waals surface area contributed by atoms with Gasteiger partial charge in [-0.2, -0.15) is 0 Å². The Labute approximate surface area is 163 Å². The number of hydrogen-bond donors (Lipinski definition) is 1. The van der Waals surface area contributed by atoms with Crippen LogP contribution in [0.15, 0.2) is 36.4 Å². The van der Waals surface area contributed by atoms with Gasteiger partial charge in [-0.15, -0.1) is 0 Å². The molecule has 2 atom stereocenters. The Morgan fingerprint density at radius 3 is 2.59 bits per heavy atom. The van der Waals surface area contributed by atoms with Crippen molar-refractivity contribution in [3.8, 4) is 17.2 Å². The van der Waals surface area contributed by atoms with Gasteiger partial charge in [0.25, 0.3) is 5.91 Å². The zero-order valence-corrected chi connectivity index (χ0v) is 16.1. The Morgan fingerprint density at radius 1 is 1.07 bits per heavy atom. The first-order valence-corrected chi connectivity index (χ1v) is 9.54. The average Bonchev–Trinajstić information content (AvgIpc) is 3.08. The van der Waals surface area contributed by atoms with Crippen LogP contribution in [-0.2, 0) is 11.2 Å². The summed E-state index contributed by atoms with van der Waals surface area (Å²) in [6.45, 7) is 5.24. The fourth-order valence-corrected chi connectivity index (χ4v) is 3.69. The molecular weight excluding hydrogens is 366 g/mol. The highest BCUT2D eigenvalue weighted by Crippen LogP contribution is 2.35. The number of amides is 1. The van der Waals surface area contributed by atoms with Gasteiger partial charge >= 0.3 is 0 Å². The minimum Gasteiger partial charge on any atom is -0.486 e. The van der Waals surface area contributed by atoms with Crippen LogP contribution in [0.5, 0.6) is 17.2 Å². The quantitative estimate of drug-likeness (QED) is 0.863. The van der Waals surface area contributed by atoms with Crippen LogP contribution in [0.25, 0.3) is 0 Å². The predicted molar refractivity (Wildman–Crippen MR) is 103 cm³/mol. The van der Waals surface area contributed by atoms with E-state index in [0.29, 0.717) is 24.7 Å². The number of halogens is 1. The van der Waals surface area contributed by atoms with Crippen molar-refractivity contribution < 1.29 is 19.0 Å². The molecule has 2 aliphatic heterocycles. The Balaban J connectivity index is 1.50. The van der Waals surface area contributed by atoms with Crippen LogP contribution in [-0.4, -0.2) is 25.2 Å². The Kier molecular flexibility index (Phi) is 4.87. The molecule has 0 radical (unpaired) electrons. The summed E-state index contributed by atoms with van der Waals surface area (Å²) < 4.78 is 17.1. The molecule has 1 amide bonds. The molecule has 2 aliphatic rings. The van der Waals surface area contributed by atoms with Crippen LogP contribution in [0.2, 0.25) is 5.02 Å². The molecule has 142 valence electrons. The lowest BCUT2D eigenvalue weighted by Crippen LogP contribution is -2.41. The monoisotopic (exact) mass is 387 g/mol. The third-order valence-electron chi connectivity index (χ3n) is 4.88. The summed E-state index contributed by atoms with van der Waals surface area (Å²) in [6.07, 6.45) is -0.0230. The topological polar surface area (TPSA) is 56.8 Å². The highest BCUT2D eigenvalue weighted by atomic mass is 35.5. The number of carbonyl (C=O) groups excluding carboxylic acids is 1. The molecule has 0 fully saturated rings. The molecule has 1 N–H and O–H groups in total. The Bertz CT molecular complexity index is 867. The van der Waals surface area contributed by atoms with Crippen LogP contribution < -0.4 is 19.5 Å². The summed E-state index contributed by atoms with van der Waals surface area (Å²) >= 11 is 6.04. The van der Waals surface area contributed by atoms with Gasteiger partial charge < -0.3 is 19.5 Å². The molecule has 6 heteroatoms. The Hall–Kier alpha value is -2.40. The first-order chi connectivity index (χ1) is 13.0. The van der Waals surface area contributed by atoms with Gasteiger partial charge in [0, 0.05) is 11.4 Å². The molecule has 0 spiro atoms. The molecule has 0 saturated carbocycles. The fourth-order valence-electron chi connectivity index (χ4n) is 3.50. The minimum atomic E-state index is -0.545. The number of hydrogen-bond acceptors (Lipinski definition) is 4. The average molecular weight is 388 g/mol. The van der Waals surface area contributed by atoms with E-state index in [4.69, 9.17) is 25.8 Å². The zero-order valence-electron chi connectivity index (χ0n) is 15.3. The van der Waals surface area contributed by atoms with Crippen LogP contribution in [0, 0.1) is 5.92 Å². The number of rotatable bonds is 4. The molecule has 2 heterocycles. The first kappa shape index (κ1) is 18.0. The van der Waals surface area contributed by atoms with Crippen molar-refractivity contribution in [1.29, 1.82) is 0 Å². The fraction of sp³-hybridized carbons (Fsp3) is 0.381. The molecule has 2 aromatic carbocycles. The van der Waals surface area contributed by atoms with E-state index in [-0.39, 0.29) is 17.9 Å². The predicted octanol–water partition coefficient (Wildman–Crippen LogP) is 3.93. The molecule has 5 nitrogen and oxygen atoms in total. The largest absolute Gasteiger partial charge is 0.486 e. The van der Waals surface area contributed by atoms with Crippen molar-refractivity contribution >= 4 is 17.5 Å². The van der Waals surface area contributed by atoms with Gasteiger partial charge in [0.05, 0.1) is 6.04 Å². The van der Waals surface area contributed by atoms with Gasteiger partial charge in [-0.1, -0.05) is 31.5 Å². The maximum absolute atomic E-state index is 12.9. The normalized spacial score (nSPS) is 18.6. The van der Waals surface area contributed by atoms with Gasteiger partial charge in [0.1, 0.15) is 19.0 Å². The molecular formula is C21H22ClNO4. The van der Waals surface area contributed by atoms with Gasteiger partial charge in [0.15, 0.2) is 17.6 Å². The maximum Gasteiger partial charge on any atom is 0.261 e. The van der Waals surface area contributed by atoms with Crippen LogP contribution in [0.1, 0.15) is 31.0 Å². The molecule has 0 aliphatic carbocycles. The minimum absolute atomic E-state index is 0.129. The van der Waals surface area contributed by atoms with E-state index < -0.39 is 6.10 Å². The van der Waals surface area contributed by atoms with Crippen LogP contribution in [0.3, 0.4) is 0 Å². The zero-order chi connectivity index (χ0) is 19.0. The van der Waals surface area contributed by atoms with Crippen molar-refractivity contribution in [2.75, 3.05) is 13.2 Å². The number of carbonyl (C=O) groups is 1. The van der Waals surface area contributed by atoms with Crippen molar-refractivity contribution in [2.45, 2.75) is 32.4 Å². The first-order valence-electron chi connectivity index (χ1n) is 9.16. The summed E-state index contributed by atoms with van der Waals surface area (Å²) in [5.41, 5.74) is 1.95. The van der Waals surface area contributed by atoms with Gasteiger partial charge in [0.2, 0.25) is 0 Å². The molecule has 0 saturated heterocycles. The Morgan fingerprint density at radius 2 is 1.81 bits per heavy atom. The lowest BCUT2D eigenvalue weighted by atomic mass is 9.95. The molecule has 2 aromatic rings. The number of fused-ring (bicyclic) bond motifs is 2. The van der Waals surface area contributed by atoms with Crippen LogP contribution >= 0.6 is 11.6 Å². The van der Waals surface area contributed by atoms with E-state index in [2.05, 4.69) is 19.2 Å². The van der Waals surface area contributed by atoms with Crippen molar-refractivity contribution in [3.63, 3.8) is 0 Å². The van der Waals surface area contributed by atoms with E-state index in [0.717, 1.165) is 28.4 Å². The second kappa shape index (κ2) is 7.31. The third kappa shape index (κ3) is 3.69. The highest BCUT2D eigenvalue weighted by molar-refractivity contribution is 6.30. The third-order valence-corrected chi connectivity index (χ3v) is 5.11. The second-order valence-corrected chi connectivity index (χ2v) is 7.63. The summed E-state index contributed by atoms with van der Waals surface area (Å²) in [4.78, 5) is 12.9. The summed E-state index contributed by atoms with van der Waals surface area (Å²) in [5, 5.41) is 3.79. The molecule has 0 unspecified atom stereocenters. The number of nitrogens with one attached hydrogen (secondary N) is 1.